The van der Waals surface area contributed by atoms with Crippen molar-refractivity contribution in [2.24, 2.45) is 11.8 Å². The van der Waals surface area contributed by atoms with Gasteiger partial charge in [-0.25, -0.2) is 0 Å². The van der Waals surface area contributed by atoms with Crippen molar-refractivity contribution in [3.63, 3.8) is 0 Å². The smallest absolute Gasteiger partial charge is 0.242 e. The summed E-state index contributed by atoms with van der Waals surface area (Å²) in [6.45, 7) is 7.36. The topological polar surface area (TPSA) is 124 Å². The molecule has 0 bridgehead atoms. The van der Waals surface area contributed by atoms with Crippen LogP contribution in [0, 0.1) is 11.8 Å². The van der Waals surface area contributed by atoms with Crippen molar-refractivity contribution in [3.8, 4) is 28.4 Å². The number of benzene rings is 1. The Hall–Kier alpha value is -3.79. The minimum absolute atomic E-state index is 0.0768. The molecule has 2 atom stereocenters. The summed E-state index contributed by atoms with van der Waals surface area (Å²) in [5.41, 5.74) is 3.13. The molecule has 0 spiro atoms. The second-order valence-electron chi connectivity index (χ2n) is 11.3. The van der Waals surface area contributed by atoms with Crippen LogP contribution in [-0.2, 0) is 20.7 Å². The van der Waals surface area contributed by atoms with E-state index in [9.17, 15) is 14.4 Å². The molecule has 1 aliphatic heterocycles. The first-order chi connectivity index (χ1) is 20.2. The molecule has 2 aliphatic rings. The highest BCUT2D eigenvalue weighted by Gasteiger charge is 2.30. The van der Waals surface area contributed by atoms with Crippen LogP contribution in [0.5, 0.6) is 17.2 Å². The van der Waals surface area contributed by atoms with Gasteiger partial charge in [0.15, 0.2) is 11.5 Å². The summed E-state index contributed by atoms with van der Waals surface area (Å²) in [5, 5.41) is 9.32. The number of hydrogen-bond donors (Lipinski definition) is 3. The van der Waals surface area contributed by atoms with Crippen LogP contribution in [0.2, 0.25) is 0 Å². The number of amides is 2. The van der Waals surface area contributed by atoms with Crippen molar-refractivity contribution in [3.05, 3.63) is 45.6 Å². The lowest BCUT2D eigenvalue weighted by Crippen LogP contribution is -2.45. The predicted molar refractivity (Wildman–Crippen MR) is 161 cm³/mol. The maximum absolute atomic E-state index is 13.7. The van der Waals surface area contributed by atoms with Crippen molar-refractivity contribution in [2.45, 2.75) is 58.5 Å². The van der Waals surface area contributed by atoms with Gasteiger partial charge in [0, 0.05) is 32.2 Å². The zero-order valence-corrected chi connectivity index (χ0v) is 25.4. The first-order valence-corrected chi connectivity index (χ1v) is 14.6. The summed E-state index contributed by atoms with van der Waals surface area (Å²) >= 11 is 0. The van der Waals surface area contributed by atoms with E-state index in [0.717, 1.165) is 29.5 Å². The molecular weight excluding hydrogens is 538 g/mol. The number of rotatable bonds is 10. The first kappa shape index (κ1) is 31.2. The Bertz CT molecular complexity index is 1350. The first-order valence-electron chi connectivity index (χ1n) is 14.6. The van der Waals surface area contributed by atoms with E-state index >= 15 is 0 Å². The van der Waals surface area contributed by atoms with Gasteiger partial charge in [-0.2, -0.15) is 0 Å². The van der Waals surface area contributed by atoms with Crippen molar-refractivity contribution >= 4 is 17.5 Å². The average Bonchev–Trinajstić information content (AvgIpc) is 3.22. The molecule has 42 heavy (non-hydrogen) atoms. The van der Waals surface area contributed by atoms with Crippen LogP contribution in [0.25, 0.3) is 11.1 Å². The molecule has 4 rings (SSSR count). The fourth-order valence-corrected chi connectivity index (χ4v) is 5.83. The van der Waals surface area contributed by atoms with Gasteiger partial charge < -0.3 is 34.9 Å². The van der Waals surface area contributed by atoms with Gasteiger partial charge in [0.05, 0.1) is 33.1 Å². The van der Waals surface area contributed by atoms with Gasteiger partial charge >= 0.3 is 0 Å². The van der Waals surface area contributed by atoms with Gasteiger partial charge in [-0.15, -0.1) is 0 Å². The zero-order valence-electron chi connectivity index (χ0n) is 25.4. The summed E-state index contributed by atoms with van der Waals surface area (Å²) in [4.78, 5) is 39.2. The lowest BCUT2D eigenvalue weighted by Gasteiger charge is -2.25. The van der Waals surface area contributed by atoms with Crippen molar-refractivity contribution in [2.75, 3.05) is 46.4 Å². The molecule has 1 aliphatic carbocycles. The van der Waals surface area contributed by atoms with Gasteiger partial charge in [0.2, 0.25) is 23.0 Å². The third-order valence-corrected chi connectivity index (χ3v) is 8.08. The molecule has 0 radical (unpaired) electrons. The van der Waals surface area contributed by atoms with E-state index in [4.69, 9.17) is 18.9 Å². The molecule has 10 nitrogen and oxygen atoms in total. The minimum Gasteiger partial charge on any atom is -0.493 e. The molecule has 10 heteroatoms. The lowest BCUT2D eigenvalue weighted by molar-refractivity contribution is -0.123. The number of anilines is 1. The van der Waals surface area contributed by atoms with E-state index < -0.39 is 12.1 Å². The van der Waals surface area contributed by atoms with Crippen LogP contribution in [-0.4, -0.2) is 58.9 Å². The molecule has 1 fully saturated rings. The Morgan fingerprint density at radius 2 is 1.71 bits per heavy atom. The SMILES string of the molecule is COc1cc2c(c(OC)c1OC)-c1ccc(N[C@H](C(=O)NCC3CCOCC3)C(C)C)c(=O)cc1[C@@H](NC(C)=O)CC2. The van der Waals surface area contributed by atoms with Crippen LogP contribution < -0.4 is 35.6 Å². The van der Waals surface area contributed by atoms with E-state index in [1.807, 2.05) is 26.0 Å². The Morgan fingerprint density at radius 3 is 2.33 bits per heavy atom. The van der Waals surface area contributed by atoms with E-state index in [1.165, 1.54) is 6.92 Å². The van der Waals surface area contributed by atoms with Crippen molar-refractivity contribution in [1.82, 2.24) is 10.6 Å². The van der Waals surface area contributed by atoms with Crippen molar-refractivity contribution in [1.29, 1.82) is 0 Å². The molecule has 0 saturated carbocycles. The summed E-state index contributed by atoms with van der Waals surface area (Å²) in [6.07, 6.45) is 3.01. The van der Waals surface area contributed by atoms with Gasteiger partial charge in [0.1, 0.15) is 6.04 Å². The summed E-state index contributed by atoms with van der Waals surface area (Å²) in [5.74, 6) is 1.42. The molecular formula is C32H43N3O7. The minimum atomic E-state index is -0.614. The maximum atomic E-state index is 13.7. The quantitative estimate of drug-likeness (QED) is 0.387. The molecule has 2 aromatic rings. The Kier molecular flexibility index (Phi) is 10.3. The third-order valence-electron chi connectivity index (χ3n) is 8.08. The standard InChI is InChI=1S/C32H43N3O7/c1-18(2)29(32(38)33-17-20-11-13-42-14-12-20)35-25-10-8-22-23(16-26(25)37)24(34-19(3)36)9-7-21-15-27(39-4)30(40-5)31(41-6)28(21)22/h8,10,15-16,18,20,24,29H,7,9,11-14,17H2,1-6H3,(H,33,38)(H,34,36)(H,35,37)/t24-,29-/m0/s1. The molecule has 1 heterocycles. The summed E-state index contributed by atoms with van der Waals surface area (Å²) < 4.78 is 22.5. The normalized spacial score (nSPS) is 17.3. The largest absolute Gasteiger partial charge is 0.493 e. The second-order valence-corrected chi connectivity index (χ2v) is 11.3. The highest BCUT2D eigenvalue weighted by molar-refractivity contribution is 5.86. The van der Waals surface area contributed by atoms with Gasteiger partial charge in [0.25, 0.3) is 0 Å². The number of fused-ring (bicyclic) bond motifs is 3. The number of ether oxygens (including phenoxy) is 4. The number of aryl methyl sites for hydroxylation is 1. The number of carbonyl (C=O) groups is 2. The molecule has 0 unspecified atom stereocenters. The number of nitrogens with one attached hydrogen (secondary N) is 3. The van der Waals surface area contributed by atoms with Crippen molar-refractivity contribution < 1.29 is 28.5 Å². The number of carbonyl (C=O) groups excluding carboxylic acids is 2. The second kappa shape index (κ2) is 13.9. The van der Waals surface area contributed by atoms with Crippen LogP contribution in [0.15, 0.2) is 29.1 Å². The number of hydrogen-bond acceptors (Lipinski definition) is 8. The molecule has 228 valence electrons. The van der Waals surface area contributed by atoms with Gasteiger partial charge in [-0.1, -0.05) is 19.9 Å². The molecule has 2 amide bonds. The van der Waals surface area contributed by atoms with Gasteiger partial charge in [-0.05, 0) is 72.4 Å². The molecule has 0 aromatic heterocycles. The van der Waals surface area contributed by atoms with E-state index in [-0.39, 0.29) is 23.2 Å². The van der Waals surface area contributed by atoms with E-state index in [0.29, 0.717) is 67.0 Å². The van der Waals surface area contributed by atoms with E-state index in [1.54, 1.807) is 33.5 Å². The summed E-state index contributed by atoms with van der Waals surface area (Å²) in [7, 11) is 4.68. The highest BCUT2D eigenvalue weighted by Crippen LogP contribution is 2.50. The Morgan fingerprint density at radius 1 is 1.00 bits per heavy atom. The highest BCUT2D eigenvalue weighted by atomic mass is 16.5. The molecule has 1 saturated heterocycles. The predicted octanol–water partition coefficient (Wildman–Crippen LogP) is 3.84. The van der Waals surface area contributed by atoms with Gasteiger partial charge in [-0.3, -0.25) is 14.4 Å². The number of methoxy groups -OCH3 is 3. The zero-order chi connectivity index (χ0) is 30.4. The Balaban J connectivity index is 1.77. The fraction of sp³-hybridized carbons (Fsp3) is 0.531. The molecule has 3 N–H and O–H groups in total. The Labute approximate surface area is 247 Å². The fourth-order valence-electron chi connectivity index (χ4n) is 5.83. The van der Waals surface area contributed by atoms with Crippen LogP contribution in [0.3, 0.4) is 0 Å². The lowest BCUT2D eigenvalue weighted by atomic mass is 9.95. The van der Waals surface area contributed by atoms with E-state index in [2.05, 4.69) is 16.0 Å². The monoisotopic (exact) mass is 581 g/mol. The molecule has 2 aromatic carbocycles. The average molecular weight is 582 g/mol. The van der Waals surface area contributed by atoms with Crippen LogP contribution in [0.1, 0.15) is 57.2 Å². The maximum Gasteiger partial charge on any atom is 0.242 e. The van der Waals surface area contributed by atoms with Crippen LogP contribution >= 0.6 is 0 Å². The third kappa shape index (κ3) is 6.81. The summed E-state index contributed by atoms with van der Waals surface area (Å²) in [6, 6.07) is 6.00. The van der Waals surface area contributed by atoms with Crippen LogP contribution in [0.4, 0.5) is 5.69 Å².